The fraction of sp³-hybridized carbons (Fsp3) is 0.419. The van der Waals surface area contributed by atoms with E-state index in [4.69, 9.17) is 37.9 Å². The summed E-state index contributed by atoms with van der Waals surface area (Å²) in [7, 11) is 2.86. The van der Waals surface area contributed by atoms with Gasteiger partial charge in [0, 0.05) is 39.3 Å². The third kappa shape index (κ3) is 8.93. The van der Waals surface area contributed by atoms with E-state index in [9.17, 15) is 23.6 Å². The molecule has 0 N–H and O–H groups in total. The molecule has 0 unspecified atom stereocenters. The Morgan fingerprint density at radius 2 is 1.39 bits per heavy atom. The summed E-state index contributed by atoms with van der Waals surface area (Å²) in [6, 6.07) is 8.93. The highest BCUT2D eigenvalue weighted by atomic mass is 19.1. The minimum absolute atomic E-state index is 0.0974. The van der Waals surface area contributed by atoms with Crippen LogP contribution in [0.3, 0.4) is 0 Å². The Kier molecular flexibility index (Phi) is 11.7. The highest BCUT2D eigenvalue weighted by Gasteiger charge is 2.55. The minimum atomic E-state index is -1.52. The zero-order valence-electron chi connectivity index (χ0n) is 25.4. The molecular formula is C31H35FO12. The van der Waals surface area contributed by atoms with Gasteiger partial charge in [-0.1, -0.05) is 24.3 Å². The van der Waals surface area contributed by atoms with Gasteiger partial charge in [-0.25, -0.2) is 4.39 Å². The molecule has 2 aromatic rings. The Hall–Kier alpha value is -4.65. The molecule has 13 heteroatoms. The standard InChI is InChI=1S/C31H35FO12/c1-16(39-17(2)33)26-28(40-18(3)34)29(41-19(4)35)30(42-20(5)36)31(43-26)44-27-22(14-24(37-6)15-25(27)38-7)11-8-21-9-12-23(32)13-10-21/h8-16,26,28-31H,1-7H3/b11-8+/t16-,26-,28-,29+,30-,31+/m1/s1. The summed E-state index contributed by atoms with van der Waals surface area (Å²) in [5.74, 6) is -2.69. The van der Waals surface area contributed by atoms with Gasteiger partial charge in [-0.15, -0.1) is 0 Å². The van der Waals surface area contributed by atoms with Gasteiger partial charge >= 0.3 is 23.9 Å². The van der Waals surface area contributed by atoms with Crippen LogP contribution < -0.4 is 14.2 Å². The number of hydrogen-bond acceptors (Lipinski definition) is 12. The summed E-state index contributed by atoms with van der Waals surface area (Å²) in [5, 5.41) is 0. The smallest absolute Gasteiger partial charge is 0.303 e. The SMILES string of the molecule is COc1cc(/C=C/c2ccc(F)cc2)c(O[C@@H]2O[C@H]([C@@H](C)OC(C)=O)[C@@H](OC(C)=O)[C@H](OC(C)=O)[C@H]2OC(C)=O)c(OC)c1. The van der Waals surface area contributed by atoms with Crippen LogP contribution >= 0.6 is 0 Å². The second-order valence-corrected chi connectivity index (χ2v) is 9.76. The van der Waals surface area contributed by atoms with Crippen molar-refractivity contribution in [2.45, 2.75) is 71.4 Å². The summed E-state index contributed by atoms with van der Waals surface area (Å²) in [6.07, 6.45) is -4.74. The second kappa shape index (κ2) is 15.2. The lowest BCUT2D eigenvalue weighted by molar-refractivity contribution is -0.296. The summed E-state index contributed by atoms with van der Waals surface area (Å²) in [5.41, 5.74) is 1.08. The van der Waals surface area contributed by atoms with Crippen molar-refractivity contribution in [1.82, 2.24) is 0 Å². The first-order chi connectivity index (χ1) is 20.8. The fourth-order valence-electron chi connectivity index (χ4n) is 4.60. The van der Waals surface area contributed by atoms with Crippen molar-refractivity contribution in [3.8, 4) is 17.2 Å². The topological polar surface area (TPSA) is 142 Å². The van der Waals surface area contributed by atoms with Gasteiger partial charge < -0.3 is 37.9 Å². The van der Waals surface area contributed by atoms with Crippen LogP contribution in [0.2, 0.25) is 0 Å². The van der Waals surface area contributed by atoms with Crippen LogP contribution in [-0.4, -0.2) is 74.9 Å². The van der Waals surface area contributed by atoms with Crippen LogP contribution in [0.15, 0.2) is 36.4 Å². The molecule has 0 bridgehead atoms. The lowest BCUT2D eigenvalue weighted by atomic mass is 9.94. The summed E-state index contributed by atoms with van der Waals surface area (Å²) in [4.78, 5) is 48.4. The molecule has 3 rings (SSSR count). The number of rotatable bonds is 11. The Labute approximate surface area is 253 Å². The quantitative estimate of drug-likeness (QED) is 0.205. The van der Waals surface area contributed by atoms with Crippen molar-refractivity contribution in [3.63, 3.8) is 0 Å². The molecule has 0 aliphatic carbocycles. The predicted octanol–water partition coefficient (Wildman–Crippen LogP) is 3.86. The average Bonchev–Trinajstić information content (AvgIpc) is 2.94. The molecule has 6 atom stereocenters. The lowest BCUT2D eigenvalue weighted by Crippen LogP contribution is -2.65. The monoisotopic (exact) mass is 618 g/mol. The van der Waals surface area contributed by atoms with Crippen molar-refractivity contribution >= 4 is 36.0 Å². The number of benzene rings is 2. The Morgan fingerprint density at radius 1 is 0.795 bits per heavy atom. The van der Waals surface area contributed by atoms with E-state index in [0.717, 1.165) is 20.8 Å². The molecule has 44 heavy (non-hydrogen) atoms. The Bertz CT molecular complexity index is 1370. The van der Waals surface area contributed by atoms with E-state index >= 15 is 0 Å². The molecule has 1 heterocycles. The molecule has 2 aromatic carbocycles. The molecule has 1 fully saturated rings. The molecule has 12 nitrogen and oxygen atoms in total. The van der Waals surface area contributed by atoms with Crippen molar-refractivity contribution in [2.75, 3.05) is 14.2 Å². The molecule has 1 saturated heterocycles. The van der Waals surface area contributed by atoms with Crippen LogP contribution in [0, 0.1) is 5.82 Å². The number of ether oxygens (including phenoxy) is 8. The number of hydrogen-bond donors (Lipinski definition) is 0. The normalized spacial score (nSPS) is 22.0. The van der Waals surface area contributed by atoms with E-state index in [0.29, 0.717) is 16.9 Å². The molecule has 0 spiro atoms. The molecule has 1 aliphatic rings. The predicted molar refractivity (Wildman–Crippen MR) is 152 cm³/mol. The van der Waals surface area contributed by atoms with E-state index in [1.807, 2.05) is 0 Å². The van der Waals surface area contributed by atoms with E-state index in [1.165, 1.54) is 40.2 Å². The maximum absolute atomic E-state index is 13.5. The van der Waals surface area contributed by atoms with E-state index in [2.05, 4.69) is 0 Å². The first-order valence-electron chi connectivity index (χ1n) is 13.5. The Morgan fingerprint density at radius 3 is 1.93 bits per heavy atom. The van der Waals surface area contributed by atoms with Gasteiger partial charge in [-0.3, -0.25) is 19.2 Å². The van der Waals surface area contributed by atoms with E-state index < -0.39 is 66.5 Å². The van der Waals surface area contributed by atoms with Gasteiger partial charge in [0.2, 0.25) is 12.4 Å². The molecular weight excluding hydrogens is 583 g/mol. The molecule has 0 aromatic heterocycles. The third-order valence-electron chi connectivity index (χ3n) is 6.32. The summed E-state index contributed by atoms with van der Waals surface area (Å²) in [6.45, 7) is 6.05. The van der Waals surface area contributed by atoms with Gasteiger partial charge in [0.25, 0.3) is 0 Å². The molecule has 0 saturated carbocycles. The van der Waals surface area contributed by atoms with E-state index in [1.54, 1.807) is 36.4 Å². The van der Waals surface area contributed by atoms with Crippen LogP contribution in [-0.2, 0) is 42.9 Å². The highest BCUT2D eigenvalue weighted by molar-refractivity contribution is 5.75. The Balaban J connectivity index is 2.16. The lowest BCUT2D eigenvalue weighted by Gasteiger charge is -2.45. The first kappa shape index (κ1) is 33.8. The van der Waals surface area contributed by atoms with Gasteiger partial charge in [0.1, 0.15) is 23.8 Å². The fourth-order valence-corrected chi connectivity index (χ4v) is 4.60. The van der Waals surface area contributed by atoms with Crippen LogP contribution in [0.4, 0.5) is 4.39 Å². The number of halogens is 1. The van der Waals surface area contributed by atoms with Gasteiger partial charge in [-0.2, -0.15) is 0 Å². The van der Waals surface area contributed by atoms with Gasteiger partial charge in [0.15, 0.2) is 23.7 Å². The van der Waals surface area contributed by atoms with Crippen LogP contribution in [0.5, 0.6) is 17.2 Å². The highest BCUT2D eigenvalue weighted by Crippen LogP contribution is 2.40. The number of esters is 4. The number of methoxy groups -OCH3 is 2. The molecule has 1 aliphatic heterocycles. The number of carbonyl (C=O) groups is 4. The molecule has 0 amide bonds. The minimum Gasteiger partial charge on any atom is -0.497 e. The summed E-state index contributed by atoms with van der Waals surface area (Å²) >= 11 is 0. The zero-order chi connectivity index (χ0) is 32.6. The maximum Gasteiger partial charge on any atom is 0.303 e. The van der Waals surface area contributed by atoms with Crippen molar-refractivity contribution < 1.29 is 61.5 Å². The maximum atomic E-state index is 13.5. The first-order valence-corrected chi connectivity index (χ1v) is 13.5. The van der Waals surface area contributed by atoms with Gasteiger partial charge in [-0.05, 0) is 30.7 Å². The van der Waals surface area contributed by atoms with Crippen LogP contribution in [0.25, 0.3) is 12.2 Å². The van der Waals surface area contributed by atoms with Crippen molar-refractivity contribution in [3.05, 3.63) is 53.3 Å². The number of carbonyl (C=O) groups excluding carboxylic acids is 4. The average molecular weight is 619 g/mol. The van der Waals surface area contributed by atoms with E-state index in [-0.39, 0.29) is 11.5 Å². The summed E-state index contributed by atoms with van der Waals surface area (Å²) < 4.78 is 58.8. The molecule has 238 valence electrons. The van der Waals surface area contributed by atoms with Gasteiger partial charge in [0.05, 0.1) is 14.2 Å². The molecule has 0 radical (unpaired) electrons. The largest absolute Gasteiger partial charge is 0.497 e. The van der Waals surface area contributed by atoms with Crippen molar-refractivity contribution in [2.24, 2.45) is 0 Å². The van der Waals surface area contributed by atoms with Crippen molar-refractivity contribution in [1.29, 1.82) is 0 Å². The second-order valence-electron chi connectivity index (χ2n) is 9.76. The zero-order valence-corrected chi connectivity index (χ0v) is 25.4. The van der Waals surface area contributed by atoms with Crippen LogP contribution in [0.1, 0.15) is 45.7 Å². The third-order valence-corrected chi connectivity index (χ3v) is 6.32.